The summed E-state index contributed by atoms with van der Waals surface area (Å²) in [6.45, 7) is 1.05. The van der Waals surface area contributed by atoms with E-state index < -0.39 is 0 Å². The van der Waals surface area contributed by atoms with Crippen molar-refractivity contribution in [2.24, 2.45) is 5.92 Å². The third kappa shape index (κ3) is 3.39. The van der Waals surface area contributed by atoms with Crippen LogP contribution in [0.4, 0.5) is 0 Å². The summed E-state index contributed by atoms with van der Waals surface area (Å²) in [6, 6.07) is 15.2. The predicted octanol–water partition coefficient (Wildman–Crippen LogP) is 5.11. The first-order valence-electron chi connectivity index (χ1n) is 7.49. The van der Waals surface area contributed by atoms with Crippen molar-refractivity contribution in [3.63, 3.8) is 0 Å². The highest BCUT2D eigenvalue weighted by Crippen LogP contribution is 2.41. The van der Waals surface area contributed by atoms with Gasteiger partial charge in [0.15, 0.2) is 0 Å². The number of nitrogens with one attached hydrogen (secondary N) is 1. The van der Waals surface area contributed by atoms with E-state index in [2.05, 4.69) is 73.6 Å². The minimum Gasteiger partial charge on any atom is -0.495 e. The molecule has 116 valence electrons. The average Bonchev–Trinajstić information content (AvgIpc) is 2.95. The van der Waals surface area contributed by atoms with Crippen LogP contribution >= 0.6 is 31.9 Å². The number of methoxy groups -OCH3 is 1. The summed E-state index contributed by atoms with van der Waals surface area (Å²) in [7, 11) is 1.73. The SMILES string of the molecule is COc1c(Br)cc(Br)cc1C1NCCC1Cc1ccccc1. The molecule has 2 aromatic rings. The second-order valence-corrected chi connectivity index (χ2v) is 7.45. The average molecular weight is 425 g/mol. The minimum absolute atomic E-state index is 0.323. The van der Waals surface area contributed by atoms with Crippen molar-refractivity contribution in [3.05, 3.63) is 62.5 Å². The molecule has 2 nitrogen and oxygen atoms in total. The number of rotatable bonds is 4. The molecule has 1 aliphatic rings. The van der Waals surface area contributed by atoms with Crippen LogP contribution in [0.5, 0.6) is 5.75 Å². The molecular formula is C18H19Br2NO. The second kappa shape index (κ2) is 7.16. The maximum absolute atomic E-state index is 5.63. The van der Waals surface area contributed by atoms with Crippen molar-refractivity contribution in [3.8, 4) is 5.75 Å². The molecule has 22 heavy (non-hydrogen) atoms. The molecule has 3 rings (SSSR count). The Morgan fingerprint density at radius 1 is 1.18 bits per heavy atom. The van der Waals surface area contributed by atoms with Crippen molar-refractivity contribution in [2.45, 2.75) is 18.9 Å². The molecule has 1 N–H and O–H groups in total. The van der Waals surface area contributed by atoms with E-state index in [0.29, 0.717) is 12.0 Å². The lowest BCUT2D eigenvalue weighted by atomic mass is 9.88. The van der Waals surface area contributed by atoms with Crippen LogP contribution in [0.25, 0.3) is 0 Å². The molecule has 1 saturated heterocycles. The molecule has 0 bridgehead atoms. The maximum atomic E-state index is 5.63. The smallest absolute Gasteiger partial charge is 0.137 e. The van der Waals surface area contributed by atoms with Crippen LogP contribution in [0.2, 0.25) is 0 Å². The summed E-state index contributed by atoms with van der Waals surface area (Å²) in [5.74, 6) is 1.51. The quantitative estimate of drug-likeness (QED) is 0.735. The zero-order valence-electron chi connectivity index (χ0n) is 12.5. The van der Waals surface area contributed by atoms with E-state index in [1.165, 1.54) is 17.5 Å². The van der Waals surface area contributed by atoms with Crippen LogP contribution in [-0.2, 0) is 6.42 Å². The summed E-state index contributed by atoms with van der Waals surface area (Å²) < 4.78 is 7.70. The molecule has 2 atom stereocenters. The highest BCUT2D eigenvalue weighted by molar-refractivity contribution is 9.11. The Morgan fingerprint density at radius 3 is 2.68 bits per heavy atom. The van der Waals surface area contributed by atoms with E-state index in [1.807, 2.05) is 6.07 Å². The normalized spacial score (nSPS) is 21.0. The Morgan fingerprint density at radius 2 is 1.95 bits per heavy atom. The van der Waals surface area contributed by atoms with E-state index in [1.54, 1.807) is 7.11 Å². The molecule has 2 aromatic carbocycles. The van der Waals surface area contributed by atoms with Crippen molar-refractivity contribution in [1.82, 2.24) is 5.32 Å². The fraction of sp³-hybridized carbons (Fsp3) is 0.333. The molecule has 0 aromatic heterocycles. The van der Waals surface area contributed by atoms with Crippen molar-refractivity contribution in [2.75, 3.05) is 13.7 Å². The monoisotopic (exact) mass is 423 g/mol. The highest BCUT2D eigenvalue weighted by atomic mass is 79.9. The Labute approximate surface area is 148 Å². The van der Waals surface area contributed by atoms with E-state index in [0.717, 1.165) is 27.7 Å². The van der Waals surface area contributed by atoms with Crippen LogP contribution in [0, 0.1) is 5.92 Å². The Kier molecular flexibility index (Phi) is 5.21. The second-order valence-electron chi connectivity index (χ2n) is 5.68. The molecule has 0 spiro atoms. The van der Waals surface area contributed by atoms with Gasteiger partial charge in [0.1, 0.15) is 5.75 Å². The van der Waals surface area contributed by atoms with Gasteiger partial charge in [-0.3, -0.25) is 0 Å². The standard InChI is InChI=1S/C18H19Br2NO/c1-22-18-15(10-14(19)11-16(18)20)17-13(7-8-21-17)9-12-5-3-2-4-6-12/h2-6,10-11,13,17,21H,7-9H2,1H3. The Balaban J connectivity index is 1.90. The van der Waals surface area contributed by atoms with Gasteiger partial charge >= 0.3 is 0 Å². The van der Waals surface area contributed by atoms with Gasteiger partial charge in [-0.05, 0) is 58.9 Å². The van der Waals surface area contributed by atoms with Gasteiger partial charge in [0, 0.05) is 16.1 Å². The van der Waals surface area contributed by atoms with Crippen molar-refractivity contribution < 1.29 is 4.74 Å². The van der Waals surface area contributed by atoms with E-state index in [-0.39, 0.29) is 0 Å². The van der Waals surface area contributed by atoms with Crippen LogP contribution in [0.15, 0.2) is 51.4 Å². The summed E-state index contributed by atoms with van der Waals surface area (Å²) in [6.07, 6.45) is 2.28. The zero-order valence-corrected chi connectivity index (χ0v) is 15.7. The fourth-order valence-electron chi connectivity index (χ4n) is 3.28. The Hall–Kier alpha value is -0.840. The van der Waals surface area contributed by atoms with Crippen LogP contribution in [0.3, 0.4) is 0 Å². The molecule has 1 aliphatic heterocycles. The molecule has 2 unspecified atom stereocenters. The Bertz CT molecular complexity index is 645. The van der Waals surface area contributed by atoms with Gasteiger partial charge in [0.2, 0.25) is 0 Å². The van der Waals surface area contributed by atoms with Gasteiger partial charge < -0.3 is 10.1 Å². The summed E-state index contributed by atoms with van der Waals surface area (Å²) >= 11 is 7.21. The number of halogens is 2. The van der Waals surface area contributed by atoms with Gasteiger partial charge in [-0.25, -0.2) is 0 Å². The van der Waals surface area contributed by atoms with Crippen LogP contribution in [-0.4, -0.2) is 13.7 Å². The number of ether oxygens (including phenoxy) is 1. The lowest BCUT2D eigenvalue weighted by molar-refractivity contribution is 0.385. The van der Waals surface area contributed by atoms with Gasteiger partial charge in [-0.2, -0.15) is 0 Å². The summed E-state index contributed by atoms with van der Waals surface area (Å²) in [5.41, 5.74) is 2.62. The van der Waals surface area contributed by atoms with E-state index >= 15 is 0 Å². The molecule has 1 fully saturated rings. The highest BCUT2D eigenvalue weighted by Gasteiger charge is 2.31. The van der Waals surface area contributed by atoms with Crippen molar-refractivity contribution >= 4 is 31.9 Å². The van der Waals surface area contributed by atoms with Crippen LogP contribution in [0.1, 0.15) is 23.6 Å². The maximum Gasteiger partial charge on any atom is 0.137 e. The lowest BCUT2D eigenvalue weighted by Crippen LogP contribution is -2.20. The van der Waals surface area contributed by atoms with Gasteiger partial charge in [-0.1, -0.05) is 46.3 Å². The molecule has 0 amide bonds. The molecule has 0 radical (unpaired) electrons. The molecule has 4 heteroatoms. The predicted molar refractivity (Wildman–Crippen MR) is 97.4 cm³/mol. The zero-order chi connectivity index (χ0) is 15.5. The largest absolute Gasteiger partial charge is 0.495 e. The van der Waals surface area contributed by atoms with E-state index in [9.17, 15) is 0 Å². The summed E-state index contributed by atoms with van der Waals surface area (Å²) in [5, 5.41) is 3.65. The fourth-order valence-corrected chi connectivity index (χ4v) is 4.70. The first-order chi connectivity index (χ1) is 10.7. The van der Waals surface area contributed by atoms with Crippen molar-refractivity contribution in [1.29, 1.82) is 0 Å². The minimum atomic E-state index is 0.323. The first kappa shape index (κ1) is 16.0. The van der Waals surface area contributed by atoms with Crippen LogP contribution < -0.4 is 10.1 Å². The van der Waals surface area contributed by atoms with Gasteiger partial charge in [-0.15, -0.1) is 0 Å². The number of benzene rings is 2. The van der Waals surface area contributed by atoms with Gasteiger partial charge in [0.05, 0.1) is 11.6 Å². The number of hydrogen-bond acceptors (Lipinski definition) is 2. The summed E-state index contributed by atoms with van der Waals surface area (Å²) in [4.78, 5) is 0. The number of hydrogen-bond donors (Lipinski definition) is 1. The molecule has 1 heterocycles. The molecule has 0 saturated carbocycles. The third-order valence-corrected chi connectivity index (χ3v) is 5.31. The lowest BCUT2D eigenvalue weighted by Gasteiger charge is -2.23. The first-order valence-corrected chi connectivity index (χ1v) is 9.08. The third-order valence-electron chi connectivity index (χ3n) is 4.27. The topological polar surface area (TPSA) is 21.3 Å². The molecule has 0 aliphatic carbocycles. The van der Waals surface area contributed by atoms with E-state index in [4.69, 9.17) is 4.74 Å². The van der Waals surface area contributed by atoms with Gasteiger partial charge in [0.25, 0.3) is 0 Å². The molecular weight excluding hydrogens is 406 g/mol.